The molecular formula is C5H12AcN-. The molecule has 0 aliphatic heterocycles. The Bertz CT molecular complexity index is 27.3. The van der Waals surface area contributed by atoms with Crippen LogP contribution in [0.5, 0.6) is 0 Å². The van der Waals surface area contributed by atoms with Crippen molar-refractivity contribution in [2.45, 2.75) is 26.3 Å². The fraction of sp³-hybridized carbons (Fsp3) is 1.00. The van der Waals surface area contributed by atoms with Gasteiger partial charge in [-0.05, 0) is 0 Å². The van der Waals surface area contributed by atoms with Crippen LogP contribution in [0.25, 0.3) is 5.32 Å². The minimum atomic E-state index is 0. The van der Waals surface area contributed by atoms with E-state index in [0.29, 0.717) is 6.04 Å². The van der Waals surface area contributed by atoms with Gasteiger partial charge in [-0.2, -0.15) is 7.05 Å². The van der Waals surface area contributed by atoms with E-state index in [4.69, 9.17) is 0 Å². The molecule has 0 aromatic rings. The molecule has 0 aliphatic rings. The van der Waals surface area contributed by atoms with E-state index < -0.39 is 0 Å². The maximum atomic E-state index is 4.01. The van der Waals surface area contributed by atoms with Gasteiger partial charge >= 0.3 is 0 Å². The Labute approximate surface area is 81.8 Å². The van der Waals surface area contributed by atoms with Gasteiger partial charge in [0, 0.05) is 44.1 Å². The Hall–Kier alpha value is 1.40. The van der Waals surface area contributed by atoms with Crippen LogP contribution in [0.15, 0.2) is 0 Å². The zero-order valence-electron chi connectivity index (χ0n) is 5.31. The zero-order valence-corrected chi connectivity index (χ0v) is 10.1. The van der Waals surface area contributed by atoms with Crippen LogP contribution in [0.2, 0.25) is 0 Å². The quantitative estimate of drug-likeness (QED) is 0.738. The summed E-state index contributed by atoms with van der Waals surface area (Å²) in [6, 6.07) is 0.560. The summed E-state index contributed by atoms with van der Waals surface area (Å²) in [5.41, 5.74) is 0. The Balaban J connectivity index is 0. The van der Waals surface area contributed by atoms with E-state index in [0.717, 1.165) is 6.42 Å². The smallest absolute Gasteiger partial charge is 0 e. The predicted octanol–water partition coefficient (Wildman–Crippen LogP) is 1.79. The van der Waals surface area contributed by atoms with Gasteiger partial charge in [0.15, 0.2) is 0 Å². The summed E-state index contributed by atoms with van der Waals surface area (Å²) in [4.78, 5) is 0. The molecule has 7 heavy (non-hydrogen) atoms. The first-order valence-corrected chi connectivity index (χ1v) is 2.40. The maximum Gasteiger partial charge on any atom is 0 e. The molecule has 0 saturated heterocycles. The molecule has 0 aliphatic carbocycles. The van der Waals surface area contributed by atoms with Crippen molar-refractivity contribution in [1.29, 1.82) is 0 Å². The summed E-state index contributed by atoms with van der Waals surface area (Å²) in [5.74, 6) is 0. The van der Waals surface area contributed by atoms with Crippen molar-refractivity contribution in [3.63, 3.8) is 0 Å². The van der Waals surface area contributed by atoms with Gasteiger partial charge in [-0.3, -0.25) is 0 Å². The van der Waals surface area contributed by atoms with E-state index >= 15 is 0 Å². The Morgan fingerprint density at radius 2 is 2.00 bits per heavy atom. The number of hydrogen-bond donors (Lipinski definition) is 0. The maximum absolute atomic E-state index is 4.01. The molecule has 0 aromatic heterocycles. The fourth-order valence-electron chi connectivity index (χ4n) is 0.183. The van der Waals surface area contributed by atoms with E-state index in [-0.39, 0.29) is 44.1 Å². The van der Waals surface area contributed by atoms with Crippen molar-refractivity contribution < 1.29 is 44.1 Å². The van der Waals surface area contributed by atoms with Gasteiger partial charge in [0.05, 0.1) is 0 Å². The molecular weight excluding hydrogens is 301 g/mol. The van der Waals surface area contributed by atoms with Crippen LogP contribution in [0.1, 0.15) is 20.3 Å². The standard InChI is InChI=1S/C5H12N.Ac/c1-4-5(2)6-3;/h5H,4H2,1-3H3;/q-1;. The third-order valence-corrected chi connectivity index (χ3v) is 1.03. The molecule has 41 valence electrons. The Kier molecular flexibility index (Phi) is 11.9. The molecule has 1 radical (unpaired) electrons. The third-order valence-electron chi connectivity index (χ3n) is 1.03. The first-order valence-electron chi connectivity index (χ1n) is 2.40. The topological polar surface area (TPSA) is 14.1 Å². The summed E-state index contributed by atoms with van der Waals surface area (Å²) in [6.07, 6.45) is 1.16. The van der Waals surface area contributed by atoms with Crippen molar-refractivity contribution >= 4 is 0 Å². The van der Waals surface area contributed by atoms with Crippen LogP contribution < -0.4 is 0 Å². The zero-order chi connectivity index (χ0) is 4.99. The molecule has 0 rings (SSSR count). The second kappa shape index (κ2) is 7.40. The Morgan fingerprint density at radius 1 is 1.57 bits per heavy atom. The average molecular weight is 313 g/mol. The second-order valence-electron chi connectivity index (χ2n) is 1.52. The molecule has 0 spiro atoms. The Morgan fingerprint density at radius 3 is 2.00 bits per heavy atom. The molecule has 1 nitrogen and oxygen atoms in total. The van der Waals surface area contributed by atoms with E-state index in [1.165, 1.54) is 0 Å². The van der Waals surface area contributed by atoms with Gasteiger partial charge in [-0.15, -0.1) is 6.04 Å². The van der Waals surface area contributed by atoms with E-state index in [2.05, 4.69) is 19.2 Å². The van der Waals surface area contributed by atoms with Crippen LogP contribution in [-0.2, 0) is 0 Å². The molecule has 1 unspecified atom stereocenters. The monoisotopic (exact) mass is 313 g/mol. The van der Waals surface area contributed by atoms with Crippen LogP contribution in [-0.4, -0.2) is 13.1 Å². The molecule has 0 amide bonds. The second-order valence-corrected chi connectivity index (χ2v) is 1.52. The first kappa shape index (κ1) is 11.2. The van der Waals surface area contributed by atoms with Gasteiger partial charge in [0.25, 0.3) is 0 Å². The van der Waals surface area contributed by atoms with Crippen LogP contribution >= 0.6 is 0 Å². The molecule has 2 heteroatoms. The van der Waals surface area contributed by atoms with Gasteiger partial charge in [-0.25, -0.2) is 0 Å². The molecule has 0 saturated carbocycles. The van der Waals surface area contributed by atoms with Crippen molar-refractivity contribution in [1.82, 2.24) is 0 Å². The van der Waals surface area contributed by atoms with Crippen LogP contribution in [0.3, 0.4) is 0 Å². The van der Waals surface area contributed by atoms with Crippen LogP contribution in [0, 0.1) is 44.1 Å². The van der Waals surface area contributed by atoms with E-state index in [1.807, 2.05) is 7.05 Å². The van der Waals surface area contributed by atoms with E-state index in [1.54, 1.807) is 0 Å². The summed E-state index contributed by atoms with van der Waals surface area (Å²) in [6.45, 7) is 4.25. The summed E-state index contributed by atoms with van der Waals surface area (Å²) in [7, 11) is 1.86. The molecule has 0 heterocycles. The van der Waals surface area contributed by atoms with Crippen molar-refractivity contribution in [2.75, 3.05) is 7.05 Å². The molecule has 0 bridgehead atoms. The number of nitrogens with zero attached hydrogens (tertiary/aromatic N) is 1. The first-order chi connectivity index (χ1) is 2.81. The summed E-state index contributed by atoms with van der Waals surface area (Å²) < 4.78 is 0. The van der Waals surface area contributed by atoms with Crippen molar-refractivity contribution in [3.05, 3.63) is 5.32 Å². The largest absolute Gasteiger partial charge is 0.662 e. The molecule has 1 atom stereocenters. The van der Waals surface area contributed by atoms with Crippen LogP contribution in [0.4, 0.5) is 0 Å². The average Bonchev–Trinajstić information content (AvgIpc) is 1.65. The summed E-state index contributed by atoms with van der Waals surface area (Å²) in [5, 5.41) is 4.01. The fourth-order valence-corrected chi connectivity index (χ4v) is 0.183. The number of rotatable bonds is 2. The molecule has 0 N–H and O–H groups in total. The molecule has 0 aromatic carbocycles. The minimum Gasteiger partial charge on any atom is -0.662 e. The van der Waals surface area contributed by atoms with Gasteiger partial charge in [0.2, 0.25) is 0 Å². The number of hydrogen-bond acceptors (Lipinski definition) is 0. The van der Waals surface area contributed by atoms with Gasteiger partial charge < -0.3 is 5.32 Å². The van der Waals surface area contributed by atoms with E-state index in [9.17, 15) is 0 Å². The van der Waals surface area contributed by atoms with Crippen molar-refractivity contribution in [2.24, 2.45) is 0 Å². The third kappa shape index (κ3) is 7.40. The minimum absolute atomic E-state index is 0. The SMILES string of the molecule is CCC(C)[N-]C.[Ac]. The van der Waals surface area contributed by atoms with Gasteiger partial charge in [0.1, 0.15) is 0 Å². The molecule has 0 fully saturated rings. The predicted molar refractivity (Wildman–Crippen MR) is 29.0 cm³/mol. The van der Waals surface area contributed by atoms with Gasteiger partial charge in [-0.1, -0.05) is 20.3 Å². The normalized spacial score (nSPS) is 12.4. The summed E-state index contributed by atoms with van der Waals surface area (Å²) >= 11 is 0. The van der Waals surface area contributed by atoms with Crippen molar-refractivity contribution in [3.8, 4) is 0 Å².